The van der Waals surface area contributed by atoms with Gasteiger partial charge in [0.05, 0.1) is 0 Å². The third kappa shape index (κ3) is 1.96. The summed E-state index contributed by atoms with van der Waals surface area (Å²) in [4.78, 5) is 0. The number of nitrogens with one attached hydrogen (secondary N) is 1. The van der Waals surface area contributed by atoms with Crippen molar-refractivity contribution in [3.05, 3.63) is 34.6 Å². The summed E-state index contributed by atoms with van der Waals surface area (Å²) in [5.74, 6) is -0.253. The molecule has 3 heteroatoms. The molecule has 0 heterocycles. The summed E-state index contributed by atoms with van der Waals surface area (Å²) in [5.41, 5.74) is 0.791. The van der Waals surface area contributed by atoms with Gasteiger partial charge in [-0.3, -0.25) is 0 Å². The van der Waals surface area contributed by atoms with E-state index in [0.717, 1.165) is 5.56 Å². The largest absolute Gasteiger partial charge is 0.313 e. The fraction of sp³-hybridized carbons (Fsp3) is 0.333. The molecule has 0 bridgehead atoms. The van der Waals surface area contributed by atoms with E-state index in [9.17, 15) is 4.39 Å². The van der Waals surface area contributed by atoms with Gasteiger partial charge < -0.3 is 5.32 Å². The minimum atomic E-state index is -0.253. The van der Waals surface area contributed by atoms with Crippen molar-refractivity contribution in [2.75, 3.05) is 7.05 Å². The first-order valence-electron chi connectivity index (χ1n) is 3.77. The Morgan fingerprint density at radius 3 is 2.75 bits per heavy atom. The van der Waals surface area contributed by atoms with Crippen LogP contribution >= 0.6 is 11.6 Å². The van der Waals surface area contributed by atoms with Crippen LogP contribution in [-0.2, 0) is 0 Å². The second-order valence-electron chi connectivity index (χ2n) is 2.68. The molecule has 0 amide bonds. The number of halogens is 2. The van der Waals surface area contributed by atoms with Gasteiger partial charge in [-0.15, -0.1) is 0 Å². The standard InChI is InChI=1S/C9H11ClFN/c1-6(12-2)8-5-7(11)3-4-9(8)10/h3-6,12H,1-2H3/t6-/m1/s1. The Kier molecular flexibility index (Phi) is 3.06. The van der Waals surface area contributed by atoms with E-state index in [2.05, 4.69) is 5.32 Å². The summed E-state index contributed by atoms with van der Waals surface area (Å²) in [6.07, 6.45) is 0. The van der Waals surface area contributed by atoms with Crippen molar-refractivity contribution in [2.45, 2.75) is 13.0 Å². The maximum Gasteiger partial charge on any atom is 0.123 e. The van der Waals surface area contributed by atoms with E-state index in [0.29, 0.717) is 5.02 Å². The van der Waals surface area contributed by atoms with Crippen molar-refractivity contribution in [1.29, 1.82) is 0 Å². The maximum atomic E-state index is 12.8. The van der Waals surface area contributed by atoms with Crippen LogP contribution in [0.5, 0.6) is 0 Å². The monoisotopic (exact) mass is 187 g/mol. The van der Waals surface area contributed by atoms with Crippen molar-refractivity contribution < 1.29 is 4.39 Å². The highest BCUT2D eigenvalue weighted by molar-refractivity contribution is 6.31. The van der Waals surface area contributed by atoms with E-state index in [1.54, 1.807) is 6.07 Å². The van der Waals surface area contributed by atoms with E-state index in [1.807, 2.05) is 14.0 Å². The van der Waals surface area contributed by atoms with Gasteiger partial charge in [0.2, 0.25) is 0 Å². The van der Waals surface area contributed by atoms with Gasteiger partial charge in [-0.05, 0) is 37.7 Å². The van der Waals surface area contributed by atoms with Crippen LogP contribution < -0.4 is 5.32 Å². The van der Waals surface area contributed by atoms with Crippen molar-refractivity contribution in [2.24, 2.45) is 0 Å². The van der Waals surface area contributed by atoms with E-state index in [4.69, 9.17) is 11.6 Å². The zero-order valence-electron chi connectivity index (χ0n) is 7.07. The van der Waals surface area contributed by atoms with Gasteiger partial charge in [0.15, 0.2) is 0 Å². The third-order valence-electron chi connectivity index (χ3n) is 1.86. The first kappa shape index (κ1) is 9.49. The second kappa shape index (κ2) is 3.87. The molecule has 66 valence electrons. The Bertz CT molecular complexity index is 275. The number of hydrogen-bond acceptors (Lipinski definition) is 1. The van der Waals surface area contributed by atoms with Crippen molar-refractivity contribution in [3.8, 4) is 0 Å². The molecule has 0 aliphatic heterocycles. The lowest BCUT2D eigenvalue weighted by Crippen LogP contribution is -2.12. The average Bonchev–Trinajstić information content (AvgIpc) is 2.08. The Morgan fingerprint density at radius 1 is 1.50 bits per heavy atom. The van der Waals surface area contributed by atoms with Crippen LogP contribution in [0.1, 0.15) is 18.5 Å². The van der Waals surface area contributed by atoms with Gasteiger partial charge >= 0.3 is 0 Å². The zero-order chi connectivity index (χ0) is 9.14. The summed E-state index contributed by atoms with van der Waals surface area (Å²) in [7, 11) is 1.81. The lowest BCUT2D eigenvalue weighted by atomic mass is 10.1. The molecule has 0 aliphatic rings. The molecule has 1 aromatic carbocycles. The highest BCUT2D eigenvalue weighted by atomic mass is 35.5. The summed E-state index contributed by atoms with van der Waals surface area (Å²) in [6.45, 7) is 1.93. The highest BCUT2D eigenvalue weighted by Gasteiger charge is 2.07. The number of benzene rings is 1. The van der Waals surface area contributed by atoms with Crippen molar-refractivity contribution >= 4 is 11.6 Å². The molecule has 1 N–H and O–H groups in total. The molecule has 1 atom stereocenters. The Balaban J connectivity index is 3.04. The molecule has 0 saturated heterocycles. The molecule has 0 aliphatic carbocycles. The Labute approximate surface area is 76.5 Å². The number of hydrogen-bond donors (Lipinski definition) is 1. The molecule has 0 spiro atoms. The van der Waals surface area contributed by atoms with Gasteiger partial charge in [0.25, 0.3) is 0 Å². The predicted molar refractivity (Wildman–Crippen MR) is 48.9 cm³/mol. The molecular formula is C9H11ClFN. The predicted octanol–water partition coefficient (Wildman–Crippen LogP) is 2.76. The van der Waals surface area contributed by atoms with Gasteiger partial charge in [0, 0.05) is 11.1 Å². The van der Waals surface area contributed by atoms with Gasteiger partial charge in [0.1, 0.15) is 5.82 Å². The zero-order valence-corrected chi connectivity index (χ0v) is 7.82. The average molecular weight is 188 g/mol. The van der Waals surface area contributed by atoms with Gasteiger partial charge in [-0.2, -0.15) is 0 Å². The minimum Gasteiger partial charge on any atom is -0.313 e. The fourth-order valence-electron chi connectivity index (χ4n) is 1.00. The van der Waals surface area contributed by atoms with Crippen LogP contribution in [0.15, 0.2) is 18.2 Å². The van der Waals surface area contributed by atoms with Crippen LogP contribution in [0, 0.1) is 5.82 Å². The van der Waals surface area contributed by atoms with Crippen LogP contribution in [0.4, 0.5) is 4.39 Å². The van der Waals surface area contributed by atoms with Gasteiger partial charge in [-0.25, -0.2) is 4.39 Å². The first-order valence-corrected chi connectivity index (χ1v) is 4.15. The SMILES string of the molecule is CN[C@H](C)c1cc(F)ccc1Cl. The Hall–Kier alpha value is -0.600. The third-order valence-corrected chi connectivity index (χ3v) is 2.20. The lowest BCUT2D eigenvalue weighted by Gasteiger charge is -2.11. The first-order chi connectivity index (χ1) is 5.65. The quantitative estimate of drug-likeness (QED) is 0.751. The molecule has 0 saturated carbocycles. The maximum absolute atomic E-state index is 12.8. The summed E-state index contributed by atoms with van der Waals surface area (Å²) >= 11 is 5.86. The van der Waals surface area contributed by atoms with E-state index < -0.39 is 0 Å². The molecule has 0 fully saturated rings. The van der Waals surface area contributed by atoms with Gasteiger partial charge in [-0.1, -0.05) is 11.6 Å². The number of rotatable bonds is 2. The van der Waals surface area contributed by atoms with E-state index in [1.165, 1.54) is 12.1 Å². The van der Waals surface area contributed by atoms with Crippen molar-refractivity contribution in [3.63, 3.8) is 0 Å². The molecule has 0 radical (unpaired) electrons. The summed E-state index contributed by atoms with van der Waals surface area (Å²) in [5, 5.41) is 3.59. The van der Waals surface area contributed by atoms with Crippen LogP contribution in [0.2, 0.25) is 5.02 Å². The summed E-state index contributed by atoms with van der Waals surface area (Å²) in [6, 6.07) is 4.45. The normalized spacial score (nSPS) is 13.0. The molecule has 1 rings (SSSR count). The summed E-state index contributed by atoms with van der Waals surface area (Å²) < 4.78 is 12.8. The lowest BCUT2D eigenvalue weighted by molar-refractivity contribution is 0.608. The van der Waals surface area contributed by atoms with E-state index in [-0.39, 0.29) is 11.9 Å². The fourth-order valence-corrected chi connectivity index (χ4v) is 1.28. The van der Waals surface area contributed by atoms with Crippen LogP contribution in [0.25, 0.3) is 0 Å². The molecule has 1 nitrogen and oxygen atoms in total. The molecule has 0 aromatic heterocycles. The van der Waals surface area contributed by atoms with Crippen molar-refractivity contribution in [1.82, 2.24) is 5.32 Å². The second-order valence-corrected chi connectivity index (χ2v) is 3.08. The molecule has 1 aromatic rings. The smallest absolute Gasteiger partial charge is 0.123 e. The molecule has 0 unspecified atom stereocenters. The Morgan fingerprint density at radius 2 is 2.17 bits per heavy atom. The topological polar surface area (TPSA) is 12.0 Å². The van der Waals surface area contributed by atoms with Crippen LogP contribution in [0.3, 0.4) is 0 Å². The van der Waals surface area contributed by atoms with Crippen LogP contribution in [-0.4, -0.2) is 7.05 Å². The minimum absolute atomic E-state index is 0.0770. The van der Waals surface area contributed by atoms with E-state index >= 15 is 0 Å². The highest BCUT2D eigenvalue weighted by Crippen LogP contribution is 2.22. The molecular weight excluding hydrogens is 177 g/mol. The molecule has 12 heavy (non-hydrogen) atoms.